The van der Waals surface area contributed by atoms with E-state index in [9.17, 15) is 0 Å². The van der Waals surface area contributed by atoms with Gasteiger partial charge in [-0.25, -0.2) is 0 Å². The second-order valence-electron chi connectivity index (χ2n) is 5.08. The van der Waals surface area contributed by atoms with Crippen molar-refractivity contribution < 1.29 is 4.74 Å². The first-order chi connectivity index (χ1) is 7.08. The Balaban J connectivity index is 2.10. The van der Waals surface area contributed by atoms with Gasteiger partial charge in [-0.2, -0.15) is 0 Å². The van der Waals surface area contributed by atoms with E-state index in [1.54, 1.807) is 0 Å². The van der Waals surface area contributed by atoms with Gasteiger partial charge in [0, 0.05) is 25.2 Å². The monoisotopic (exact) mass is 214 g/mol. The zero-order valence-corrected chi connectivity index (χ0v) is 10.5. The molecule has 90 valence electrons. The fraction of sp³-hybridized carbons (Fsp3) is 1.00. The Kier molecular flexibility index (Phi) is 5.58. The van der Waals surface area contributed by atoms with E-state index in [2.05, 4.69) is 38.3 Å². The minimum absolute atomic E-state index is 0.423. The third kappa shape index (κ3) is 5.50. The summed E-state index contributed by atoms with van der Waals surface area (Å²) >= 11 is 0. The zero-order valence-electron chi connectivity index (χ0n) is 10.5. The van der Waals surface area contributed by atoms with Crippen LogP contribution < -0.4 is 10.6 Å². The van der Waals surface area contributed by atoms with Crippen LogP contribution in [0.3, 0.4) is 0 Å². The summed E-state index contributed by atoms with van der Waals surface area (Å²) in [7, 11) is 0. The topological polar surface area (TPSA) is 33.3 Å². The van der Waals surface area contributed by atoms with E-state index in [4.69, 9.17) is 4.74 Å². The van der Waals surface area contributed by atoms with Crippen molar-refractivity contribution >= 4 is 0 Å². The van der Waals surface area contributed by atoms with Crippen LogP contribution in [-0.4, -0.2) is 37.4 Å². The van der Waals surface area contributed by atoms with E-state index in [0.29, 0.717) is 24.3 Å². The Morgan fingerprint density at radius 2 is 1.33 bits per heavy atom. The third-order valence-electron chi connectivity index (χ3n) is 2.70. The molecule has 0 aliphatic carbocycles. The zero-order chi connectivity index (χ0) is 11.3. The fourth-order valence-electron chi connectivity index (χ4n) is 1.81. The van der Waals surface area contributed by atoms with Gasteiger partial charge >= 0.3 is 0 Å². The van der Waals surface area contributed by atoms with Crippen molar-refractivity contribution in [2.45, 2.75) is 64.8 Å². The highest BCUT2D eigenvalue weighted by molar-refractivity contribution is 4.77. The molecule has 2 atom stereocenters. The molecule has 0 aromatic heterocycles. The first kappa shape index (κ1) is 12.9. The van der Waals surface area contributed by atoms with E-state index >= 15 is 0 Å². The molecule has 1 fully saturated rings. The average Bonchev–Trinajstić information content (AvgIpc) is 2.59. The van der Waals surface area contributed by atoms with Crippen molar-refractivity contribution in [2.75, 3.05) is 13.1 Å². The minimum Gasteiger partial charge on any atom is -0.372 e. The van der Waals surface area contributed by atoms with Gasteiger partial charge in [0.1, 0.15) is 0 Å². The molecule has 1 heterocycles. The molecule has 15 heavy (non-hydrogen) atoms. The average molecular weight is 214 g/mol. The number of rotatable bonds is 6. The molecular weight excluding hydrogens is 188 g/mol. The first-order valence-corrected chi connectivity index (χ1v) is 6.20. The van der Waals surface area contributed by atoms with Gasteiger partial charge in [0.05, 0.1) is 12.2 Å². The van der Waals surface area contributed by atoms with Crippen LogP contribution in [0.4, 0.5) is 0 Å². The highest BCUT2D eigenvalue weighted by Crippen LogP contribution is 2.18. The predicted octanol–water partition coefficient (Wildman–Crippen LogP) is 1.53. The molecule has 2 N–H and O–H groups in total. The van der Waals surface area contributed by atoms with Crippen LogP contribution in [-0.2, 0) is 4.74 Å². The molecular formula is C12H26N2O. The van der Waals surface area contributed by atoms with Crippen LogP contribution in [0.1, 0.15) is 40.5 Å². The Morgan fingerprint density at radius 1 is 0.933 bits per heavy atom. The van der Waals surface area contributed by atoms with Gasteiger partial charge in [0.2, 0.25) is 0 Å². The molecule has 0 aromatic rings. The quantitative estimate of drug-likeness (QED) is 0.703. The number of nitrogens with one attached hydrogen (secondary N) is 2. The molecule has 0 radical (unpaired) electrons. The van der Waals surface area contributed by atoms with E-state index in [1.807, 2.05) is 0 Å². The molecule has 0 spiro atoms. The molecule has 0 bridgehead atoms. The highest BCUT2D eigenvalue weighted by atomic mass is 16.5. The molecule has 0 amide bonds. The molecule has 0 saturated carbocycles. The Hall–Kier alpha value is -0.120. The van der Waals surface area contributed by atoms with Gasteiger partial charge in [-0.15, -0.1) is 0 Å². The lowest BCUT2D eigenvalue weighted by Gasteiger charge is -2.17. The minimum atomic E-state index is 0.423. The van der Waals surface area contributed by atoms with E-state index in [-0.39, 0.29) is 0 Å². The SMILES string of the molecule is CC(C)NC[C@H]1CC[C@@H](CNC(C)C)O1. The standard InChI is InChI=1S/C12H26N2O/c1-9(2)13-7-11-5-6-12(15-11)8-14-10(3)4/h9-14H,5-8H2,1-4H3/t11-,12+. The Labute approximate surface area is 94.0 Å². The van der Waals surface area contributed by atoms with Crippen molar-refractivity contribution in [1.29, 1.82) is 0 Å². The van der Waals surface area contributed by atoms with Gasteiger partial charge in [0.25, 0.3) is 0 Å². The van der Waals surface area contributed by atoms with E-state index in [0.717, 1.165) is 13.1 Å². The maximum absolute atomic E-state index is 5.94. The second kappa shape index (κ2) is 6.46. The number of ether oxygens (including phenoxy) is 1. The normalized spacial score (nSPS) is 26.8. The molecule has 1 aliphatic rings. The van der Waals surface area contributed by atoms with Crippen molar-refractivity contribution in [3.63, 3.8) is 0 Å². The lowest BCUT2D eigenvalue weighted by Crippen LogP contribution is -2.35. The summed E-state index contributed by atoms with van der Waals surface area (Å²) in [6.45, 7) is 10.7. The number of hydrogen-bond donors (Lipinski definition) is 2. The summed E-state index contributed by atoms with van der Waals surface area (Å²) < 4.78 is 5.94. The summed E-state index contributed by atoms with van der Waals surface area (Å²) in [5, 5.41) is 6.85. The summed E-state index contributed by atoms with van der Waals surface area (Å²) in [5.41, 5.74) is 0. The molecule has 0 unspecified atom stereocenters. The van der Waals surface area contributed by atoms with Gasteiger partial charge in [0.15, 0.2) is 0 Å². The van der Waals surface area contributed by atoms with Crippen molar-refractivity contribution in [2.24, 2.45) is 0 Å². The molecule has 3 heteroatoms. The van der Waals surface area contributed by atoms with Gasteiger partial charge in [-0.05, 0) is 12.8 Å². The largest absolute Gasteiger partial charge is 0.372 e. The predicted molar refractivity (Wildman–Crippen MR) is 64.2 cm³/mol. The maximum atomic E-state index is 5.94. The smallest absolute Gasteiger partial charge is 0.0704 e. The van der Waals surface area contributed by atoms with E-state index < -0.39 is 0 Å². The van der Waals surface area contributed by atoms with Crippen molar-refractivity contribution in [3.05, 3.63) is 0 Å². The van der Waals surface area contributed by atoms with Crippen molar-refractivity contribution in [1.82, 2.24) is 10.6 Å². The van der Waals surface area contributed by atoms with Crippen LogP contribution in [0, 0.1) is 0 Å². The lowest BCUT2D eigenvalue weighted by molar-refractivity contribution is 0.0438. The summed E-state index contributed by atoms with van der Waals surface area (Å²) in [6.07, 6.45) is 3.24. The molecule has 1 aliphatic heterocycles. The Morgan fingerprint density at radius 3 is 1.67 bits per heavy atom. The van der Waals surface area contributed by atoms with Crippen LogP contribution >= 0.6 is 0 Å². The Bertz CT molecular complexity index is 153. The summed E-state index contributed by atoms with van der Waals surface area (Å²) in [5.74, 6) is 0. The van der Waals surface area contributed by atoms with Gasteiger partial charge in [-0.1, -0.05) is 27.7 Å². The molecule has 1 rings (SSSR count). The highest BCUT2D eigenvalue weighted by Gasteiger charge is 2.24. The van der Waals surface area contributed by atoms with Crippen LogP contribution in [0.25, 0.3) is 0 Å². The molecule has 1 saturated heterocycles. The summed E-state index contributed by atoms with van der Waals surface area (Å²) in [6, 6.07) is 1.11. The van der Waals surface area contributed by atoms with E-state index in [1.165, 1.54) is 12.8 Å². The van der Waals surface area contributed by atoms with Crippen LogP contribution in [0.15, 0.2) is 0 Å². The van der Waals surface area contributed by atoms with Gasteiger partial charge < -0.3 is 15.4 Å². The van der Waals surface area contributed by atoms with Gasteiger partial charge in [-0.3, -0.25) is 0 Å². The molecule has 3 nitrogen and oxygen atoms in total. The first-order valence-electron chi connectivity index (χ1n) is 6.20. The molecule has 0 aromatic carbocycles. The van der Waals surface area contributed by atoms with Crippen LogP contribution in [0.5, 0.6) is 0 Å². The lowest BCUT2D eigenvalue weighted by atomic mass is 10.2. The van der Waals surface area contributed by atoms with Crippen molar-refractivity contribution in [3.8, 4) is 0 Å². The number of hydrogen-bond acceptors (Lipinski definition) is 3. The maximum Gasteiger partial charge on any atom is 0.0704 e. The van der Waals surface area contributed by atoms with Crippen LogP contribution in [0.2, 0.25) is 0 Å². The fourth-order valence-corrected chi connectivity index (χ4v) is 1.81. The third-order valence-corrected chi connectivity index (χ3v) is 2.70. The summed E-state index contributed by atoms with van der Waals surface area (Å²) in [4.78, 5) is 0. The second-order valence-corrected chi connectivity index (χ2v) is 5.08.